The number of aldehydes is 1. The molecule has 7 heteroatoms. The lowest BCUT2D eigenvalue weighted by Crippen LogP contribution is -2.57. The van der Waals surface area contributed by atoms with E-state index in [-0.39, 0.29) is 6.54 Å². The van der Waals surface area contributed by atoms with Gasteiger partial charge < -0.3 is 24.9 Å². The molecule has 2 N–H and O–H groups in total. The quantitative estimate of drug-likeness (QED) is 0.752. The molecule has 7 nitrogen and oxygen atoms in total. The van der Waals surface area contributed by atoms with Gasteiger partial charge in [0.25, 0.3) is 0 Å². The van der Waals surface area contributed by atoms with Crippen molar-refractivity contribution in [2.75, 3.05) is 13.1 Å². The lowest BCUT2D eigenvalue weighted by Gasteiger charge is -2.32. The maximum Gasteiger partial charge on any atom is 0.408 e. The maximum atomic E-state index is 11.8. The number of carbonyl (C=O) groups excluding carboxylic acids is 2. The number of hydrogen-bond donors (Lipinski definition) is 2. The molecular weight excluding hydrogens is 264 g/mol. The van der Waals surface area contributed by atoms with Crippen LogP contribution in [0.1, 0.15) is 40.0 Å². The summed E-state index contributed by atoms with van der Waals surface area (Å²) in [6.45, 7) is 5.47. The Balaban J connectivity index is 2.81. The van der Waals surface area contributed by atoms with E-state index in [0.717, 1.165) is 4.90 Å². The minimum absolute atomic E-state index is 0.0505. The average molecular weight is 286 g/mol. The Kier molecular flexibility index (Phi) is 4.97. The van der Waals surface area contributed by atoms with Crippen molar-refractivity contribution >= 4 is 18.5 Å². The van der Waals surface area contributed by atoms with Crippen molar-refractivity contribution in [3.8, 4) is 0 Å². The SMILES string of the molecule is CC(C)(C)OC(=O)N[C@]1(C=O)CCCCN(C(=O)O)C1. The first-order chi connectivity index (χ1) is 9.17. The van der Waals surface area contributed by atoms with Gasteiger partial charge in [-0.25, -0.2) is 9.59 Å². The first kappa shape index (κ1) is 16.3. The Labute approximate surface area is 118 Å². The standard InChI is InChI=1S/C13H22N2O5/c1-12(2,3)20-10(17)14-13(9-16)6-4-5-7-15(8-13)11(18)19/h9H,4-8H2,1-3H3,(H,14,17)(H,18,19)/t13-/m1/s1. The highest BCUT2D eigenvalue weighted by Gasteiger charge is 2.38. The average Bonchev–Trinajstić information content (AvgIpc) is 2.50. The Morgan fingerprint density at radius 1 is 1.35 bits per heavy atom. The molecule has 0 aromatic carbocycles. The van der Waals surface area contributed by atoms with E-state index in [0.29, 0.717) is 32.1 Å². The predicted octanol–water partition coefficient (Wildman–Crippen LogP) is 1.61. The van der Waals surface area contributed by atoms with Crippen LogP contribution in [0.2, 0.25) is 0 Å². The zero-order valence-corrected chi connectivity index (χ0v) is 12.1. The predicted molar refractivity (Wildman–Crippen MR) is 71.6 cm³/mol. The molecule has 0 bridgehead atoms. The second-order valence-corrected chi connectivity index (χ2v) is 6.06. The number of amides is 2. The lowest BCUT2D eigenvalue weighted by molar-refractivity contribution is -0.114. The van der Waals surface area contributed by atoms with E-state index in [9.17, 15) is 14.4 Å². The number of rotatable bonds is 2. The van der Waals surface area contributed by atoms with Gasteiger partial charge in [-0.3, -0.25) is 0 Å². The molecule has 0 unspecified atom stereocenters. The molecule has 20 heavy (non-hydrogen) atoms. The Morgan fingerprint density at radius 3 is 2.50 bits per heavy atom. The lowest BCUT2D eigenvalue weighted by atomic mass is 9.95. The number of alkyl carbamates (subject to hydrolysis) is 1. The summed E-state index contributed by atoms with van der Waals surface area (Å²) in [6, 6.07) is 0. The van der Waals surface area contributed by atoms with E-state index >= 15 is 0 Å². The monoisotopic (exact) mass is 286 g/mol. The molecule has 1 atom stereocenters. The summed E-state index contributed by atoms with van der Waals surface area (Å²) in [5.74, 6) is 0. The number of likely N-dealkylation sites (tertiary alicyclic amines) is 1. The van der Waals surface area contributed by atoms with Crippen molar-refractivity contribution in [1.29, 1.82) is 0 Å². The molecule has 1 fully saturated rings. The molecule has 1 rings (SSSR count). The molecule has 0 saturated carbocycles. The summed E-state index contributed by atoms with van der Waals surface area (Å²) in [6.07, 6.45) is 0.537. The number of hydrogen-bond acceptors (Lipinski definition) is 4. The van der Waals surface area contributed by atoms with Crippen molar-refractivity contribution in [2.24, 2.45) is 0 Å². The molecule has 1 aliphatic rings. The van der Waals surface area contributed by atoms with Crippen molar-refractivity contribution < 1.29 is 24.2 Å². The zero-order chi connectivity index (χ0) is 15.4. The minimum Gasteiger partial charge on any atom is -0.465 e. The summed E-state index contributed by atoms with van der Waals surface area (Å²) < 4.78 is 5.13. The van der Waals surface area contributed by atoms with Gasteiger partial charge in [-0.05, 0) is 40.0 Å². The van der Waals surface area contributed by atoms with Crippen molar-refractivity contribution in [3.63, 3.8) is 0 Å². The third kappa shape index (κ3) is 4.71. The molecule has 0 aromatic rings. The summed E-state index contributed by atoms with van der Waals surface area (Å²) in [7, 11) is 0. The van der Waals surface area contributed by atoms with Crippen LogP contribution in [0.4, 0.5) is 9.59 Å². The van der Waals surface area contributed by atoms with Gasteiger partial charge in [0.15, 0.2) is 0 Å². The summed E-state index contributed by atoms with van der Waals surface area (Å²) in [4.78, 5) is 35.5. The molecule has 0 aromatic heterocycles. The number of carbonyl (C=O) groups is 3. The maximum absolute atomic E-state index is 11.8. The van der Waals surface area contributed by atoms with E-state index < -0.39 is 23.3 Å². The Hall–Kier alpha value is -1.79. The second-order valence-electron chi connectivity index (χ2n) is 6.06. The highest BCUT2D eigenvalue weighted by molar-refractivity contribution is 5.78. The molecule has 0 radical (unpaired) electrons. The number of nitrogens with one attached hydrogen (secondary N) is 1. The van der Waals surface area contributed by atoms with E-state index in [1.165, 1.54) is 0 Å². The largest absolute Gasteiger partial charge is 0.465 e. The van der Waals surface area contributed by atoms with Crippen molar-refractivity contribution in [3.05, 3.63) is 0 Å². The van der Waals surface area contributed by atoms with E-state index in [1.807, 2.05) is 0 Å². The Bertz CT molecular complexity index is 391. The summed E-state index contributed by atoms with van der Waals surface area (Å²) >= 11 is 0. The number of nitrogens with zero attached hydrogens (tertiary/aromatic N) is 1. The van der Waals surface area contributed by atoms with Gasteiger partial charge in [-0.2, -0.15) is 0 Å². The van der Waals surface area contributed by atoms with E-state index in [4.69, 9.17) is 9.84 Å². The van der Waals surface area contributed by atoms with E-state index in [1.54, 1.807) is 20.8 Å². The normalized spacial score (nSPS) is 23.6. The van der Waals surface area contributed by atoms with Crippen LogP contribution < -0.4 is 5.32 Å². The third-order valence-electron chi connectivity index (χ3n) is 3.02. The molecule has 1 aliphatic heterocycles. The summed E-state index contributed by atoms with van der Waals surface area (Å²) in [5.41, 5.74) is -1.89. The molecule has 2 amide bonds. The van der Waals surface area contributed by atoms with Gasteiger partial charge in [0.2, 0.25) is 0 Å². The molecule has 1 saturated heterocycles. The Morgan fingerprint density at radius 2 is 2.00 bits per heavy atom. The van der Waals surface area contributed by atoms with Crippen LogP contribution in [0.3, 0.4) is 0 Å². The van der Waals surface area contributed by atoms with Gasteiger partial charge in [0.1, 0.15) is 17.4 Å². The molecule has 1 heterocycles. The first-order valence-corrected chi connectivity index (χ1v) is 6.63. The van der Waals surface area contributed by atoms with Crippen LogP contribution in [0.15, 0.2) is 0 Å². The van der Waals surface area contributed by atoms with Gasteiger partial charge in [-0.15, -0.1) is 0 Å². The molecular formula is C13H22N2O5. The smallest absolute Gasteiger partial charge is 0.408 e. The third-order valence-corrected chi connectivity index (χ3v) is 3.02. The van der Waals surface area contributed by atoms with Gasteiger partial charge in [-0.1, -0.05) is 0 Å². The number of ether oxygens (including phenoxy) is 1. The zero-order valence-electron chi connectivity index (χ0n) is 12.1. The van der Waals surface area contributed by atoms with Crippen LogP contribution in [0.5, 0.6) is 0 Å². The highest BCUT2D eigenvalue weighted by atomic mass is 16.6. The molecule has 114 valence electrons. The molecule has 0 spiro atoms. The molecule has 0 aliphatic carbocycles. The van der Waals surface area contributed by atoms with Crippen molar-refractivity contribution in [1.82, 2.24) is 10.2 Å². The van der Waals surface area contributed by atoms with Gasteiger partial charge in [0.05, 0.1) is 6.54 Å². The van der Waals surface area contributed by atoms with Crippen LogP contribution >= 0.6 is 0 Å². The fraction of sp³-hybridized carbons (Fsp3) is 0.769. The van der Waals surface area contributed by atoms with Gasteiger partial charge in [0, 0.05) is 6.54 Å². The van der Waals surface area contributed by atoms with Crippen LogP contribution in [0, 0.1) is 0 Å². The first-order valence-electron chi connectivity index (χ1n) is 6.63. The van der Waals surface area contributed by atoms with Crippen LogP contribution in [-0.2, 0) is 9.53 Å². The highest BCUT2D eigenvalue weighted by Crippen LogP contribution is 2.20. The minimum atomic E-state index is -1.21. The summed E-state index contributed by atoms with van der Waals surface area (Å²) in [5, 5.41) is 11.6. The van der Waals surface area contributed by atoms with Gasteiger partial charge >= 0.3 is 12.2 Å². The van der Waals surface area contributed by atoms with Crippen molar-refractivity contribution in [2.45, 2.75) is 51.2 Å². The topological polar surface area (TPSA) is 95.9 Å². The van der Waals surface area contributed by atoms with Crippen LogP contribution in [0.25, 0.3) is 0 Å². The second kappa shape index (κ2) is 6.11. The van der Waals surface area contributed by atoms with Crippen LogP contribution in [-0.4, -0.2) is 52.7 Å². The van der Waals surface area contributed by atoms with E-state index in [2.05, 4.69) is 5.32 Å². The fourth-order valence-corrected chi connectivity index (χ4v) is 2.14. The number of carboxylic acid groups (broad SMARTS) is 1. The fourth-order valence-electron chi connectivity index (χ4n) is 2.14.